The third kappa shape index (κ3) is 4.15. The average Bonchev–Trinajstić information content (AvgIpc) is 2.85. The lowest BCUT2D eigenvalue weighted by molar-refractivity contribution is 0.233. The normalized spacial score (nSPS) is 14.7. The molecule has 4 aromatic rings. The summed E-state index contributed by atoms with van der Waals surface area (Å²) >= 11 is 0. The van der Waals surface area contributed by atoms with Crippen LogP contribution in [0, 0.1) is 10.8 Å². The van der Waals surface area contributed by atoms with Gasteiger partial charge in [0, 0.05) is 62.0 Å². The van der Waals surface area contributed by atoms with Crippen molar-refractivity contribution >= 4 is 27.5 Å². The van der Waals surface area contributed by atoms with Crippen LogP contribution in [0.4, 0.5) is 0 Å². The van der Waals surface area contributed by atoms with E-state index in [2.05, 4.69) is 27.3 Å². The standard InChI is InChI=1S/C27H30N6O2/c1-16(2)19-12-21(25(35)13-24(19)34)26(28)33-23-4-3-17(15-32-9-7-30-8-10-32)11-20(23)18-5-6-31-14-22(18)27(33)29/h3-6,11-14,16,28-30,34-35H,7-10,15H2,1-2H3. The molecule has 0 unspecified atom stereocenters. The monoisotopic (exact) mass is 470 g/mol. The lowest BCUT2D eigenvalue weighted by Gasteiger charge is -2.27. The van der Waals surface area contributed by atoms with E-state index in [-0.39, 0.29) is 34.3 Å². The highest BCUT2D eigenvalue weighted by molar-refractivity contribution is 6.12. The largest absolute Gasteiger partial charge is 0.508 e. The Morgan fingerprint density at radius 3 is 2.54 bits per heavy atom. The van der Waals surface area contributed by atoms with Crippen molar-refractivity contribution < 1.29 is 10.2 Å². The van der Waals surface area contributed by atoms with E-state index in [1.165, 1.54) is 11.6 Å². The molecule has 0 aliphatic carbocycles. The number of piperazine rings is 1. The van der Waals surface area contributed by atoms with Gasteiger partial charge >= 0.3 is 0 Å². The number of rotatable bonds is 4. The van der Waals surface area contributed by atoms with Crippen LogP contribution in [0.25, 0.3) is 21.7 Å². The molecule has 8 heteroatoms. The summed E-state index contributed by atoms with van der Waals surface area (Å²) in [6.07, 6.45) is 3.38. The highest BCUT2D eigenvalue weighted by atomic mass is 16.3. The van der Waals surface area contributed by atoms with E-state index in [0.717, 1.165) is 43.5 Å². The Hall–Kier alpha value is -3.75. The molecule has 5 N–H and O–H groups in total. The molecule has 0 spiro atoms. The Bertz CT molecular complexity index is 1500. The second-order valence-electron chi connectivity index (χ2n) is 9.41. The van der Waals surface area contributed by atoms with Crippen LogP contribution in [0.1, 0.15) is 36.5 Å². The third-order valence-corrected chi connectivity index (χ3v) is 6.75. The molecular weight excluding hydrogens is 440 g/mol. The first-order chi connectivity index (χ1) is 16.8. The van der Waals surface area contributed by atoms with Gasteiger partial charge in [-0.2, -0.15) is 0 Å². The molecule has 0 atom stereocenters. The summed E-state index contributed by atoms with van der Waals surface area (Å²) in [6, 6.07) is 11.0. The van der Waals surface area contributed by atoms with E-state index in [1.54, 1.807) is 23.0 Å². The van der Waals surface area contributed by atoms with Gasteiger partial charge in [-0.25, -0.2) is 0 Å². The van der Waals surface area contributed by atoms with Crippen molar-refractivity contribution in [3.63, 3.8) is 0 Å². The van der Waals surface area contributed by atoms with Crippen LogP contribution in [0.15, 0.2) is 48.8 Å². The van der Waals surface area contributed by atoms with Crippen molar-refractivity contribution in [1.82, 2.24) is 19.8 Å². The smallest absolute Gasteiger partial charge is 0.142 e. The molecule has 180 valence electrons. The van der Waals surface area contributed by atoms with Crippen molar-refractivity contribution in [3.8, 4) is 11.5 Å². The highest BCUT2D eigenvalue weighted by Gasteiger charge is 2.20. The van der Waals surface area contributed by atoms with Crippen molar-refractivity contribution in [2.45, 2.75) is 26.3 Å². The second-order valence-corrected chi connectivity index (χ2v) is 9.41. The van der Waals surface area contributed by atoms with E-state index in [0.29, 0.717) is 16.5 Å². The van der Waals surface area contributed by atoms with Gasteiger partial charge in [0.1, 0.15) is 22.8 Å². The lowest BCUT2D eigenvalue weighted by Crippen LogP contribution is -2.42. The SMILES string of the molecule is CC(C)c1cc(C(=N)n2c(=N)c3cnccc3c3cc(CN4CCNCC4)ccc32)c(O)cc1O. The zero-order chi connectivity index (χ0) is 24.7. The summed E-state index contributed by atoms with van der Waals surface area (Å²) in [6.45, 7) is 8.68. The van der Waals surface area contributed by atoms with Crippen LogP contribution in [-0.4, -0.2) is 56.7 Å². The van der Waals surface area contributed by atoms with E-state index >= 15 is 0 Å². The molecule has 0 bridgehead atoms. The molecule has 1 aliphatic rings. The number of nitrogens with zero attached hydrogens (tertiary/aromatic N) is 3. The number of hydrogen-bond donors (Lipinski definition) is 5. The number of phenolic OH excluding ortho intramolecular Hbond substituents is 2. The maximum absolute atomic E-state index is 10.6. The third-order valence-electron chi connectivity index (χ3n) is 6.75. The molecule has 8 nitrogen and oxygen atoms in total. The summed E-state index contributed by atoms with van der Waals surface area (Å²) in [5.41, 5.74) is 2.91. The minimum absolute atomic E-state index is 0.00438. The van der Waals surface area contributed by atoms with Crippen LogP contribution in [0.2, 0.25) is 0 Å². The van der Waals surface area contributed by atoms with Gasteiger partial charge in [-0.1, -0.05) is 19.9 Å². The maximum Gasteiger partial charge on any atom is 0.142 e. The molecule has 3 heterocycles. The Morgan fingerprint density at radius 1 is 1.03 bits per heavy atom. The van der Waals surface area contributed by atoms with Gasteiger partial charge in [0.05, 0.1) is 11.1 Å². The molecule has 0 saturated carbocycles. The van der Waals surface area contributed by atoms with E-state index < -0.39 is 0 Å². The van der Waals surface area contributed by atoms with Crippen molar-refractivity contribution in [1.29, 1.82) is 10.8 Å². The van der Waals surface area contributed by atoms with Crippen LogP contribution in [0.3, 0.4) is 0 Å². The van der Waals surface area contributed by atoms with Crippen molar-refractivity contribution in [3.05, 3.63) is 71.0 Å². The zero-order valence-corrected chi connectivity index (χ0v) is 20.0. The van der Waals surface area contributed by atoms with Crippen LogP contribution in [-0.2, 0) is 6.54 Å². The minimum atomic E-state index is -0.196. The number of aromatic nitrogens is 2. The second kappa shape index (κ2) is 9.13. The quantitative estimate of drug-likeness (QED) is 0.178. The predicted octanol–water partition coefficient (Wildman–Crippen LogP) is 3.48. The van der Waals surface area contributed by atoms with Gasteiger partial charge in [0.25, 0.3) is 0 Å². The first kappa shape index (κ1) is 23.0. The van der Waals surface area contributed by atoms with E-state index in [9.17, 15) is 10.2 Å². The van der Waals surface area contributed by atoms with Gasteiger partial charge < -0.3 is 15.5 Å². The molecular formula is C27H30N6O2. The Kier molecular flexibility index (Phi) is 6.00. The summed E-state index contributed by atoms with van der Waals surface area (Å²) in [5, 5.41) is 44.8. The predicted molar refractivity (Wildman–Crippen MR) is 137 cm³/mol. The van der Waals surface area contributed by atoms with Crippen LogP contribution >= 0.6 is 0 Å². The number of hydrogen-bond acceptors (Lipinski definition) is 7. The van der Waals surface area contributed by atoms with Gasteiger partial charge in [0.15, 0.2) is 0 Å². The van der Waals surface area contributed by atoms with E-state index in [4.69, 9.17) is 10.8 Å². The molecule has 2 aromatic carbocycles. The fourth-order valence-corrected chi connectivity index (χ4v) is 4.88. The van der Waals surface area contributed by atoms with Gasteiger partial charge in [0.2, 0.25) is 0 Å². The molecule has 0 amide bonds. The van der Waals surface area contributed by atoms with Gasteiger partial charge in [-0.15, -0.1) is 0 Å². The molecule has 0 radical (unpaired) electrons. The van der Waals surface area contributed by atoms with Gasteiger partial charge in [-0.3, -0.25) is 25.3 Å². The average molecular weight is 471 g/mol. The Balaban J connectivity index is 1.70. The fraction of sp³-hybridized carbons (Fsp3) is 0.296. The highest BCUT2D eigenvalue weighted by Crippen LogP contribution is 2.33. The minimum Gasteiger partial charge on any atom is -0.508 e. The summed E-state index contributed by atoms with van der Waals surface area (Å²) in [5.74, 6) is -0.221. The molecule has 1 fully saturated rings. The molecule has 2 aromatic heterocycles. The number of benzene rings is 2. The lowest BCUT2D eigenvalue weighted by atomic mass is 9.98. The Labute approximate surface area is 203 Å². The first-order valence-electron chi connectivity index (χ1n) is 11.9. The maximum atomic E-state index is 10.6. The number of aromatic hydroxyl groups is 2. The number of nitrogens with one attached hydrogen (secondary N) is 3. The first-order valence-corrected chi connectivity index (χ1v) is 11.9. The molecule has 1 aliphatic heterocycles. The number of pyridine rings is 2. The topological polar surface area (TPSA) is 121 Å². The Morgan fingerprint density at radius 2 is 1.80 bits per heavy atom. The molecule has 35 heavy (non-hydrogen) atoms. The zero-order valence-electron chi connectivity index (χ0n) is 20.0. The van der Waals surface area contributed by atoms with Crippen molar-refractivity contribution in [2.75, 3.05) is 26.2 Å². The van der Waals surface area contributed by atoms with Crippen molar-refractivity contribution in [2.24, 2.45) is 0 Å². The molecule has 5 rings (SSSR count). The number of phenols is 2. The summed E-state index contributed by atoms with van der Waals surface area (Å²) in [7, 11) is 0. The molecule has 1 saturated heterocycles. The van der Waals surface area contributed by atoms with Crippen LogP contribution < -0.4 is 10.8 Å². The number of fused-ring (bicyclic) bond motifs is 3. The van der Waals surface area contributed by atoms with E-state index in [1.807, 2.05) is 26.0 Å². The van der Waals surface area contributed by atoms with Crippen LogP contribution in [0.5, 0.6) is 11.5 Å². The van der Waals surface area contributed by atoms with Gasteiger partial charge in [-0.05, 0) is 46.7 Å². The fourth-order valence-electron chi connectivity index (χ4n) is 4.88. The summed E-state index contributed by atoms with van der Waals surface area (Å²) in [4.78, 5) is 6.65. The summed E-state index contributed by atoms with van der Waals surface area (Å²) < 4.78 is 1.55.